The van der Waals surface area contributed by atoms with Gasteiger partial charge in [-0.1, -0.05) is 24.1 Å². The molecule has 2 heterocycles. The van der Waals surface area contributed by atoms with Crippen molar-refractivity contribution in [1.82, 2.24) is 4.90 Å². The molecule has 2 heteroatoms. The Hall–Kier alpha value is -0.890. The molecule has 1 unspecified atom stereocenters. The predicted molar refractivity (Wildman–Crippen MR) is 64.2 cm³/mol. The Morgan fingerprint density at radius 3 is 3.12 bits per heavy atom. The fourth-order valence-corrected chi connectivity index (χ4v) is 4.05. The van der Waals surface area contributed by atoms with E-state index in [-0.39, 0.29) is 5.41 Å². The monoisotopic (exact) mass is 217 g/mol. The van der Waals surface area contributed by atoms with Gasteiger partial charge in [-0.3, -0.25) is 9.69 Å². The summed E-state index contributed by atoms with van der Waals surface area (Å²) in [6.07, 6.45) is 7.11. The number of carbonyl (C=O) groups is 1. The molecule has 1 saturated heterocycles. The van der Waals surface area contributed by atoms with Crippen LogP contribution < -0.4 is 0 Å². The van der Waals surface area contributed by atoms with Gasteiger partial charge in [0.1, 0.15) is 0 Å². The quantitative estimate of drug-likeness (QED) is 0.628. The lowest BCUT2D eigenvalue weighted by atomic mass is 9.66. The van der Waals surface area contributed by atoms with E-state index in [4.69, 9.17) is 0 Å². The molecule has 3 atom stereocenters. The van der Waals surface area contributed by atoms with Gasteiger partial charge in [0.2, 0.25) is 0 Å². The molecule has 16 heavy (non-hydrogen) atoms. The van der Waals surface area contributed by atoms with Crippen molar-refractivity contribution < 1.29 is 4.79 Å². The number of hydrogen-bond donors (Lipinski definition) is 0. The first-order valence-corrected chi connectivity index (χ1v) is 6.32. The van der Waals surface area contributed by atoms with Crippen LogP contribution in [-0.2, 0) is 4.79 Å². The van der Waals surface area contributed by atoms with Crippen LogP contribution in [0, 0.1) is 5.41 Å². The van der Waals surface area contributed by atoms with E-state index >= 15 is 0 Å². The first kappa shape index (κ1) is 10.3. The lowest BCUT2D eigenvalue weighted by Gasteiger charge is -2.44. The van der Waals surface area contributed by atoms with Crippen LogP contribution in [0.2, 0.25) is 0 Å². The van der Waals surface area contributed by atoms with Gasteiger partial charge in [0.25, 0.3) is 0 Å². The SMILES string of the molecule is CCC1=C(C)CN2CC[C@@]13C=CC(=O)C[C@H]23. The number of hydrogen-bond acceptors (Lipinski definition) is 2. The molecule has 2 nitrogen and oxygen atoms in total. The van der Waals surface area contributed by atoms with Crippen molar-refractivity contribution in [2.24, 2.45) is 5.41 Å². The maximum Gasteiger partial charge on any atom is 0.157 e. The number of rotatable bonds is 1. The van der Waals surface area contributed by atoms with Crippen LogP contribution in [-0.4, -0.2) is 29.8 Å². The van der Waals surface area contributed by atoms with Gasteiger partial charge in [-0.15, -0.1) is 0 Å². The fraction of sp³-hybridized carbons (Fsp3) is 0.643. The Kier molecular flexibility index (Phi) is 2.12. The van der Waals surface area contributed by atoms with E-state index in [0.717, 1.165) is 25.9 Å². The Balaban J connectivity index is 2.14. The summed E-state index contributed by atoms with van der Waals surface area (Å²) in [5.41, 5.74) is 3.36. The third kappa shape index (κ3) is 1.14. The molecule has 0 radical (unpaired) electrons. The van der Waals surface area contributed by atoms with Crippen molar-refractivity contribution in [2.45, 2.75) is 39.2 Å². The van der Waals surface area contributed by atoms with Crippen LogP contribution in [0.3, 0.4) is 0 Å². The Bertz CT molecular complexity index is 407. The van der Waals surface area contributed by atoms with E-state index in [1.165, 1.54) is 12.0 Å². The fourth-order valence-electron chi connectivity index (χ4n) is 4.05. The van der Waals surface area contributed by atoms with E-state index in [9.17, 15) is 4.79 Å². The molecule has 0 amide bonds. The van der Waals surface area contributed by atoms with E-state index < -0.39 is 0 Å². The van der Waals surface area contributed by atoms with Gasteiger partial charge < -0.3 is 0 Å². The Morgan fingerprint density at radius 2 is 2.38 bits per heavy atom. The third-order valence-corrected chi connectivity index (χ3v) is 4.68. The molecule has 2 bridgehead atoms. The van der Waals surface area contributed by atoms with E-state index in [1.54, 1.807) is 5.57 Å². The topological polar surface area (TPSA) is 20.3 Å². The molecule has 1 aliphatic carbocycles. The summed E-state index contributed by atoms with van der Waals surface area (Å²) in [6.45, 7) is 6.75. The molecule has 0 N–H and O–H groups in total. The second kappa shape index (κ2) is 3.30. The maximum atomic E-state index is 11.6. The summed E-state index contributed by atoms with van der Waals surface area (Å²) in [7, 11) is 0. The standard InChI is InChI=1S/C14H19NO/c1-3-12-10(2)9-15-7-6-14(12)5-4-11(16)8-13(14)15/h4-5,13H,3,6-9H2,1-2H3/t13-,14-/m0/s1. The van der Waals surface area contributed by atoms with Gasteiger partial charge in [-0.25, -0.2) is 0 Å². The average Bonchev–Trinajstić information content (AvgIpc) is 2.53. The molecule has 86 valence electrons. The third-order valence-electron chi connectivity index (χ3n) is 4.68. The van der Waals surface area contributed by atoms with Gasteiger partial charge in [-0.2, -0.15) is 0 Å². The highest BCUT2D eigenvalue weighted by Gasteiger charge is 2.52. The molecule has 3 rings (SSSR count). The van der Waals surface area contributed by atoms with Crippen LogP contribution in [0.15, 0.2) is 23.3 Å². The molecule has 1 fully saturated rings. The van der Waals surface area contributed by atoms with Crippen molar-refractivity contribution >= 4 is 5.78 Å². The van der Waals surface area contributed by atoms with Crippen molar-refractivity contribution in [3.8, 4) is 0 Å². The van der Waals surface area contributed by atoms with Gasteiger partial charge in [-0.05, 0) is 25.8 Å². The molecule has 2 aliphatic heterocycles. The summed E-state index contributed by atoms with van der Waals surface area (Å²) in [5, 5.41) is 0. The number of nitrogens with zero attached hydrogens (tertiary/aromatic N) is 1. The smallest absolute Gasteiger partial charge is 0.157 e. The second-order valence-electron chi connectivity index (χ2n) is 5.39. The number of ketones is 1. The highest BCUT2D eigenvalue weighted by atomic mass is 16.1. The summed E-state index contributed by atoms with van der Waals surface area (Å²) in [6, 6.07) is 0.462. The molecular formula is C14H19NO. The molecule has 0 aromatic carbocycles. The van der Waals surface area contributed by atoms with Crippen LogP contribution in [0.1, 0.15) is 33.1 Å². The molecular weight excluding hydrogens is 198 g/mol. The molecule has 0 aromatic heterocycles. The summed E-state index contributed by atoms with van der Waals surface area (Å²) in [5.74, 6) is 0.308. The minimum Gasteiger partial charge on any atom is -0.295 e. The normalized spacial score (nSPS) is 41.5. The van der Waals surface area contributed by atoms with E-state index in [2.05, 4.69) is 24.8 Å². The number of allylic oxidation sites excluding steroid dienone is 1. The number of carbonyl (C=O) groups excluding carboxylic acids is 1. The van der Waals surface area contributed by atoms with E-state index in [1.807, 2.05) is 6.08 Å². The van der Waals surface area contributed by atoms with Crippen LogP contribution >= 0.6 is 0 Å². The van der Waals surface area contributed by atoms with Gasteiger partial charge >= 0.3 is 0 Å². The van der Waals surface area contributed by atoms with Gasteiger partial charge in [0.15, 0.2) is 5.78 Å². The minimum absolute atomic E-state index is 0.213. The van der Waals surface area contributed by atoms with E-state index in [0.29, 0.717) is 11.8 Å². The second-order valence-corrected chi connectivity index (χ2v) is 5.39. The van der Waals surface area contributed by atoms with Crippen LogP contribution in [0.5, 0.6) is 0 Å². The summed E-state index contributed by atoms with van der Waals surface area (Å²) in [4.78, 5) is 14.1. The average molecular weight is 217 g/mol. The van der Waals surface area contributed by atoms with Crippen molar-refractivity contribution in [2.75, 3.05) is 13.1 Å². The molecule has 3 aliphatic rings. The highest BCUT2D eigenvalue weighted by Crippen LogP contribution is 2.52. The predicted octanol–water partition coefficient (Wildman–Crippen LogP) is 2.32. The first-order valence-electron chi connectivity index (χ1n) is 6.32. The molecule has 0 saturated carbocycles. The van der Waals surface area contributed by atoms with Gasteiger partial charge in [0, 0.05) is 31.0 Å². The van der Waals surface area contributed by atoms with Crippen LogP contribution in [0.25, 0.3) is 0 Å². The minimum atomic E-state index is 0.213. The zero-order valence-electron chi connectivity index (χ0n) is 10.1. The Morgan fingerprint density at radius 1 is 1.56 bits per heavy atom. The van der Waals surface area contributed by atoms with Crippen molar-refractivity contribution in [3.63, 3.8) is 0 Å². The zero-order valence-corrected chi connectivity index (χ0v) is 10.1. The Labute approximate surface area is 97.0 Å². The lowest BCUT2D eigenvalue weighted by molar-refractivity contribution is -0.116. The maximum absolute atomic E-state index is 11.6. The highest BCUT2D eigenvalue weighted by molar-refractivity contribution is 5.92. The molecule has 0 aromatic rings. The molecule has 0 spiro atoms. The lowest BCUT2D eigenvalue weighted by Crippen LogP contribution is -2.47. The van der Waals surface area contributed by atoms with Gasteiger partial charge in [0.05, 0.1) is 0 Å². The van der Waals surface area contributed by atoms with Crippen LogP contribution in [0.4, 0.5) is 0 Å². The van der Waals surface area contributed by atoms with Crippen molar-refractivity contribution in [3.05, 3.63) is 23.3 Å². The summed E-state index contributed by atoms with van der Waals surface area (Å²) >= 11 is 0. The van der Waals surface area contributed by atoms with Crippen molar-refractivity contribution in [1.29, 1.82) is 0 Å². The first-order chi connectivity index (χ1) is 7.67. The zero-order chi connectivity index (χ0) is 11.3. The largest absolute Gasteiger partial charge is 0.295 e. The summed E-state index contributed by atoms with van der Waals surface area (Å²) < 4.78 is 0.